The first-order valence-electron chi connectivity index (χ1n) is 36.5. The van der Waals surface area contributed by atoms with E-state index >= 15 is 0 Å². The van der Waals surface area contributed by atoms with Gasteiger partial charge in [0.25, 0.3) is 0 Å². The minimum atomic E-state index is -4.95. The molecule has 6 atom stereocenters. The van der Waals surface area contributed by atoms with E-state index < -0.39 is 97.5 Å². The van der Waals surface area contributed by atoms with Crippen LogP contribution in [-0.2, 0) is 65.4 Å². The molecule has 0 bridgehead atoms. The van der Waals surface area contributed by atoms with Gasteiger partial charge in [0, 0.05) is 25.7 Å². The van der Waals surface area contributed by atoms with E-state index in [9.17, 15) is 43.2 Å². The Labute approximate surface area is 543 Å². The standard InChI is InChI=1S/C70H136O17P2/c1-7-10-12-14-16-18-20-22-24-29-33-40-46-52-67(72)80-58-65(86-70(75)55-49-43-35-31-27-26-28-32-38-44-50-62(4)5)60-84-88(76,77)82-56-64(71)57-83-89(78,79)85-61-66(59-81-68(73)53-47-41-37-36-39-45-51-63(6)9-3)87-69(74)54-48-42-34-30-25-23-21-19-17-15-13-11-8-2/h62-66,71H,7-61H2,1-6H3,(H,76,77)(H,78,79)/t63?,64-,65-,66-/m1/s1. The van der Waals surface area contributed by atoms with Crippen molar-refractivity contribution in [3.63, 3.8) is 0 Å². The molecular weight excluding hydrogens is 1170 g/mol. The minimum Gasteiger partial charge on any atom is -0.462 e. The predicted octanol–water partition coefficient (Wildman–Crippen LogP) is 20.0. The monoisotopic (exact) mass is 1310 g/mol. The van der Waals surface area contributed by atoms with E-state index in [1.165, 1.54) is 167 Å². The maximum absolute atomic E-state index is 13.0. The van der Waals surface area contributed by atoms with Crippen LogP contribution >= 0.6 is 15.6 Å². The highest BCUT2D eigenvalue weighted by molar-refractivity contribution is 7.47. The summed E-state index contributed by atoms with van der Waals surface area (Å²) in [5.74, 6) is -0.640. The Bertz CT molecular complexity index is 1740. The predicted molar refractivity (Wildman–Crippen MR) is 358 cm³/mol. The van der Waals surface area contributed by atoms with Gasteiger partial charge in [-0.05, 0) is 37.5 Å². The number of esters is 4. The molecule has 0 fully saturated rings. The van der Waals surface area contributed by atoms with Crippen LogP contribution in [0.1, 0.15) is 356 Å². The molecule has 0 aromatic carbocycles. The Balaban J connectivity index is 5.26. The average molecular weight is 1310 g/mol. The van der Waals surface area contributed by atoms with E-state index in [-0.39, 0.29) is 25.7 Å². The molecule has 0 amide bonds. The van der Waals surface area contributed by atoms with E-state index in [1.54, 1.807) is 0 Å². The van der Waals surface area contributed by atoms with Crippen molar-refractivity contribution < 1.29 is 80.2 Å². The number of phosphoric ester groups is 2. The van der Waals surface area contributed by atoms with Crippen LogP contribution < -0.4 is 0 Å². The summed E-state index contributed by atoms with van der Waals surface area (Å²) < 4.78 is 68.3. The Morgan fingerprint density at radius 1 is 0.326 bits per heavy atom. The van der Waals surface area contributed by atoms with Crippen LogP contribution in [0.5, 0.6) is 0 Å². The van der Waals surface area contributed by atoms with E-state index in [2.05, 4.69) is 41.5 Å². The van der Waals surface area contributed by atoms with E-state index in [4.69, 9.17) is 37.0 Å². The zero-order valence-corrected chi connectivity index (χ0v) is 59.5. The molecule has 0 aliphatic heterocycles. The normalized spacial score (nSPS) is 14.4. The van der Waals surface area contributed by atoms with Crippen molar-refractivity contribution in [3.05, 3.63) is 0 Å². The van der Waals surface area contributed by atoms with Crippen LogP contribution in [0.2, 0.25) is 0 Å². The second-order valence-electron chi connectivity index (χ2n) is 26.0. The summed E-state index contributed by atoms with van der Waals surface area (Å²) in [6.45, 7) is 9.50. The van der Waals surface area contributed by atoms with Gasteiger partial charge in [0.15, 0.2) is 12.2 Å². The van der Waals surface area contributed by atoms with Gasteiger partial charge in [0.2, 0.25) is 0 Å². The zero-order valence-electron chi connectivity index (χ0n) is 57.7. The van der Waals surface area contributed by atoms with Gasteiger partial charge in [0.05, 0.1) is 26.4 Å². The number of aliphatic hydroxyl groups excluding tert-OH is 1. The first kappa shape index (κ1) is 87.1. The van der Waals surface area contributed by atoms with Crippen molar-refractivity contribution in [3.8, 4) is 0 Å². The summed E-state index contributed by atoms with van der Waals surface area (Å²) in [4.78, 5) is 72.5. The Hall–Kier alpha value is -1.94. The number of hydrogen-bond donors (Lipinski definition) is 3. The number of ether oxygens (including phenoxy) is 4. The van der Waals surface area contributed by atoms with Gasteiger partial charge in [0.1, 0.15) is 19.3 Å². The summed E-state index contributed by atoms with van der Waals surface area (Å²) in [5, 5.41) is 10.6. The molecule has 0 rings (SSSR count). The number of rotatable bonds is 69. The van der Waals surface area contributed by atoms with Crippen molar-refractivity contribution >= 4 is 39.5 Å². The van der Waals surface area contributed by atoms with Crippen molar-refractivity contribution in [2.45, 2.75) is 374 Å². The van der Waals surface area contributed by atoms with Crippen LogP contribution in [0.4, 0.5) is 0 Å². The summed E-state index contributed by atoms with van der Waals surface area (Å²) in [7, 11) is -9.90. The van der Waals surface area contributed by atoms with Gasteiger partial charge in [-0.1, -0.05) is 305 Å². The molecule has 0 aliphatic carbocycles. The quantitative estimate of drug-likeness (QED) is 0.0222. The first-order chi connectivity index (χ1) is 42.9. The van der Waals surface area contributed by atoms with Crippen LogP contribution in [0, 0.1) is 11.8 Å². The molecule has 0 saturated carbocycles. The number of unbranched alkanes of at least 4 members (excludes halogenated alkanes) is 38. The van der Waals surface area contributed by atoms with Crippen LogP contribution in [0.3, 0.4) is 0 Å². The molecule has 89 heavy (non-hydrogen) atoms. The molecule has 0 saturated heterocycles. The lowest BCUT2D eigenvalue weighted by atomic mass is 10.00. The maximum atomic E-state index is 13.0. The van der Waals surface area contributed by atoms with Crippen molar-refractivity contribution in [1.29, 1.82) is 0 Å². The average Bonchev–Trinajstić information content (AvgIpc) is 3.65. The molecule has 3 N–H and O–H groups in total. The smallest absolute Gasteiger partial charge is 0.462 e. The van der Waals surface area contributed by atoms with E-state index in [1.807, 2.05) is 0 Å². The fourth-order valence-electron chi connectivity index (χ4n) is 10.6. The topological polar surface area (TPSA) is 237 Å². The molecule has 0 aromatic rings. The largest absolute Gasteiger partial charge is 0.472 e. The Kier molecular flexibility index (Phi) is 60.8. The summed E-state index contributed by atoms with van der Waals surface area (Å²) in [5.41, 5.74) is 0. The lowest BCUT2D eigenvalue weighted by molar-refractivity contribution is -0.161. The molecule has 528 valence electrons. The van der Waals surface area contributed by atoms with Gasteiger partial charge >= 0.3 is 39.5 Å². The molecule has 0 aromatic heterocycles. The van der Waals surface area contributed by atoms with E-state index in [0.29, 0.717) is 25.7 Å². The second kappa shape index (κ2) is 62.2. The maximum Gasteiger partial charge on any atom is 0.472 e. The van der Waals surface area contributed by atoms with Gasteiger partial charge < -0.3 is 33.8 Å². The number of carbonyl (C=O) groups excluding carboxylic acids is 4. The number of aliphatic hydroxyl groups is 1. The van der Waals surface area contributed by atoms with Gasteiger partial charge in [-0.2, -0.15) is 0 Å². The minimum absolute atomic E-state index is 0.106. The third-order valence-electron chi connectivity index (χ3n) is 16.6. The molecule has 0 aliphatic rings. The summed E-state index contributed by atoms with van der Waals surface area (Å²) in [6, 6.07) is 0. The molecule has 0 heterocycles. The van der Waals surface area contributed by atoms with Gasteiger partial charge in [-0.25, -0.2) is 9.13 Å². The van der Waals surface area contributed by atoms with Gasteiger partial charge in [-0.15, -0.1) is 0 Å². The summed E-state index contributed by atoms with van der Waals surface area (Å²) in [6.07, 6.45) is 47.1. The molecule has 17 nitrogen and oxygen atoms in total. The Morgan fingerprint density at radius 3 is 0.854 bits per heavy atom. The first-order valence-corrected chi connectivity index (χ1v) is 39.5. The highest BCUT2D eigenvalue weighted by Crippen LogP contribution is 2.45. The molecule has 0 radical (unpaired) electrons. The highest BCUT2D eigenvalue weighted by atomic mass is 31.2. The van der Waals surface area contributed by atoms with Crippen LogP contribution in [-0.4, -0.2) is 96.7 Å². The number of hydrogen-bond acceptors (Lipinski definition) is 15. The zero-order chi connectivity index (χ0) is 65.7. The molecule has 0 spiro atoms. The van der Waals surface area contributed by atoms with Gasteiger partial charge in [-0.3, -0.25) is 37.3 Å². The van der Waals surface area contributed by atoms with Crippen molar-refractivity contribution in [2.24, 2.45) is 11.8 Å². The second-order valence-corrected chi connectivity index (χ2v) is 28.9. The van der Waals surface area contributed by atoms with Crippen LogP contribution in [0.15, 0.2) is 0 Å². The van der Waals surface area contributed by atoms with Crippen LogP contribution in [0.25, 0.3) is 0 Å². The fraction of sp³-hybridized carbons (Fsp3) is 0.943. The van der Waals surface area contributed by atoms with Crippen molar-refractivity contribution in [2.75, 3.05) is 39.6 Å². The Morgan fingerprint density at radius 2 is 0.573 bits per heavy atom. The third kappa shape index (κ3) is 63.2. The van der Waals surface area contributed by atoms with Crippen molar-refractivity contribution in [1.82, 2.24) is 0 Å². The van der Waals surface area contributed by atoms with E-state index in [0.717, 1.165) is 108 Å². The molecule has 3 unspecified atom stereocenters. The number of phosphoric acid groups is 2. The molecule has 19 heteroatoms. The number of carbonyl (C=O) groups is 4. The summed E-state index contributed by atoms with van der Waals surface area (Å²) >= 11 is 0. The SMILES string of the molecule is CCCCCCCCCCCCCCCC(=O)OC[C@H](COP(=O)(O)OC[C@@H](O)COP(=O)(O)OC[C@@H](COC(=O)CCCCCCCCC(C)CC)OC(=O)CCCCCCCCCCCCCCC)OC(=O)CCCCCCCCCCCCC(C)C. The molecular formula is C70H136O17P2. The third-order valence-corrected chi connectivity index (χ3v) is 18.5. The fourth-order valence-corrected chi connectivity index (χ4v) is 12.1. The lowest BCUT2D eigenvalue weighted by Gasteiger charge is -2.21. The lowest BCUT2D eigenvalue weighted by Crippen LogP contribution is -2.30. The highest BCUT2D eigenvalue weighted by Gasteiger charge is 2.30.